The molecule has 0 saturated heterocycles. The van der Waals surface area contributed by atoms with Crippen molar-refractivity contribution in [3.05, 3.63) is 35.2 Å². The highest BCUT2D eigenvalue weighted by Gasteiger charge is 2.42. The standard InChI is InChI=1S/C13H12OS/c1-8(14)10-6-11(10)12-7-15-13-5-3-2-4-9(12)13/h2-5,7,10-11H,6H2,1H3. The van der Waals surface area contributed by atoms with Gasteiger partial charge in [-0.15, -0.1) is 11.3 Å². The number of fused-ring (bicyclic) bond motifs is 1. The fourth-order valence-electron chi connectivity index (χ4n) is 2.27. The first kappa shape index (κ1) is 9.10. The minimum absolute atomic E-state index is 0.294. The highest BCUT2D eigenvalue weighted by Crippen LogP contribution is 2.51. The largest absolute Gasteiger partial charge is 0.300 e. The quantitative estimate of drug-likeness (QED) is 0.749. The summed E-state index contributed by atoms with van der Waals surface area (Å²) in [5, 5.41) is 3.56. The average Bonchev–Trinajstić information content (AvgIpc) is 2.92. The summed E-state index contributed by atoms with van der Waals surface area (Å²) >= 11 is 1.78. The smallest absolute Gasteiger partial charge is 0.133 e. The molecule has 1 aliphatic carbocycles. The highest BCUT2D eigenvalue weighted by atomic mass is 32.1. The molecule has 2 heteroatoms. The number of carbonyl (C=O) groups is 1. The first-order valence-electron chi connectivity index (χ1n) is 5.24. The van der Waals surface area contributed by atoms with Crippen molar-refractivity contribution in [2.75, 3.05) is 0 Å². The number of hydrogen-bond acceptors (Lipinski definition) is 2. The molecule has 1 heterocycles. The fourth-order valence-corrected chi connectivity index (χ4v) is 3.30. The third-order valence-electron chi connectivity index (χ3n) is 3.22. The number of ketones is 1. The predicted molar refractivity (Wildman–Crippen MR) is 63.4 cm³/mol. The number of carbonyl (C=O) groups excluding carboxylic acids is 1. The second kappa shape index (κ2) is 3.17. The molecule has 1 aromatic heterocycles. The lowest BCUT2D eigenvalue weighted by molar-refractivity contribution is -0.118. The van der Waals surface area contributed by atoms with Crippen LogP contribution < -0.4 is 0 Å². The van der Waals surface area contributed by atoms with Gasteiger partial charge in [-0.1, -0.05) is 18.2 Å². The van der Waals surface area contributed by atoms with Crippen LogP contribution in [0.15, 0.2) is 29.6 Å². The van der Waals surface area contributed by atoms with E-state index in [2.05, 4.69) is 29.6 Å². The lowest BCUT2D eigenvalue weighted by atomic mass is 10.1. The number of rotatable bonds is 2. The van der Waals surface area contributed by atoms with E-state index in [-0.39, 0.29) is 0 Å². The second-order valence-electron chi connectivity index (χ2n) is 4.25. The van der Waals surface area contributed by atoms with Crippen molar-refractivity contribution >= 4 is 27.2 Å². The second-order valence-corrected chi connectivity index (χ2v) is 5.16. The number of hydrogen-bond donors (Lipinski definition) is 0. The normalized spacial score (nSPS) is 24.3. The maximum absolute atomic E-state index is 11.3. The van der Waals surface area contributed by atoms with Crippen molar-refractivity contribution in [1.29, 1.82) is 0 Å². The Bertz CT molecular complexity index is 526. The molecule has 3 rings (SSSR count). The van der Waals surface area contributed by atoms with Crippen molar-refractivity contribution in [3.63, 3.8) is 0 Å². The van der Waals surface area contributed by atoms with Gasteiger partial charge in [0, 0.05) is 10.6 Å². The first-order valence-corrected chi connectivity index (χ1v) is 6.12. The minimum Gasteiger partial charge on any atom is -0.300 e. The minimum atomic E-state index is 0.294. The molecular weight excluding hydrogens is 204 g/mol. The summed E-state index contributed by atoms with van der Waals surface area (Å²) in [7, 11) is 0. The van der Waals surface area contributed by atoms with Crippen LogP contribution in [0.4, 0.5) is 0 Å². The lowest BCUT2D eigenvalue weighted by Gasteiger charge is -1.96. The molecule has 1 nitrogen and oxygen atoms in total. The van der Waals surface area contributed by atoms with Gasteiger partial charge < -0.3 is 0 Å². The molecule has 1 fully saturated rings. The van der Waals surface area contributed by atoms with Gasteiger partial charge in [0.1, 0.15) is 5.78 Å². The number of Topliss-reactive ketones (excluding diaryl/α,β-unsaturated/α-hetero) is 1. The Morgan fingerprint density at radius 2 is 2.20 bits per heavy atom. The van der Waals surface area contributed by atoms with Gasteiger partial charge in [-0.3, -0.25) is 4.79 Å². The average molecular weight is 216 g/mol. The zero-order valence-corrected chi connectivity index (χ0v) is 9.38. The summed E-state index contributed by atoms with van der Waals surface area (Å²) in [4.78, 5) is 11.3. The maximum Gasteiger partial charge on any atom is 0.133 e. The van der Waals surface area contributed by atoms with Crippen molar-refractivity contribution < 1.29 is 4.79 Å². The van der Waals surface area contributed by atoms with E-state index in [4.69, 9.17) is 0 Å². The first-order chi connectivity index (χ1) is 7.27. The van der Waals surface area contributed by atoms with E-state index in [1.807, 2.05) is 0 Å². The van der Waals surface area contributed by atoms with E-state index in [1.165, 1.54) is 15.6 Å². The molecule has 0 bridgehead atoms. The fraction of sp³-hybridized carbons (Fsp3) is 0.308. The summed E-state index contributed by atoms with van der Waals surface area (Å²) in [6.07, 6.45) is 1.05. The van der Waals surface area contributed by atoms with Crippen LogP contribution in [-0.2, 0) is 4.79 Å². The van der Waals surface area contributed by atoms with Gasteiger partial charge in [0.05, 0.1) is 0 Å². The van der Waals surface area contributed by atoms with Crippen LogP contribution in [0.25, 0.3) is 10.1 Å². The number of thiophene rings is 1. The third-order valence-corrected chi connectivity index (χ3v) is 4.20. The van der Waals surface area contributed by atoms with E-state index in [0.717, 1.165) is 6.42 Å². The highest BCUT2D eigenvalue weighted by molar-refractivity contribution is 7.17. The van der Waals surface area contributed by atoms with E-state index < -0.39 is 0 Å². The summed E-state index contributed by atoms with van der Waals surface area (Å²) < 4.78 is 1.33. The van der Waals surface area contributed by atoms with Gasteiger partial charge in [-0.25, -0.2) is 0 Å². The van der Waals surface area contributed by atoms with Crippen LogP contribution in [0, 0.1) is 5.92 Å². The molecule has 0 N–H and O–H groups in total. The van der Waals surface area contributed by atoms with E-state index in [1.54, 1.807) is 18.3 Å². The molecular formula is C13H12OS. The van der Waals surface area contributed by atoms with Gasteiger partial charge in [-0.2, -0.15) is 0 Å². The molecule has 0 aliphatic heterocycles. The van der Waals surface area contributed by atoms with E-state index in [9.17, 15) is 4.79 Å². The van der Waals surface area contributed by atoms with Crippen molar-refractivity contribution in [3.8, 4) is 0 Å². The Balaban J connectivity index is 2.03. The van der Waals surface area contributed by atoms with E-state index in [0.29, 0.717) is 17.6 Å². The van der Waals surface area contributed by atoms with Crippen LogP contribution in [-0.4, -0.2) is 5.78 Å². The van der Waals surface area contributed by atoms with Gasteiger partial charge in [-0.05, 0) is 41.7 Å². The molecule has 0 amide bonds. The van der Waals surface area contributed by atoms with Crippen molar-refractivity contribution in [2.45, 2.75) is 19.3 Å². The van der Waals surface area contributed by atoms with Crippen LogP contribution >= 0.6 is 11.3 Å². The Labute approximate surface area is 92.7 Å². The maximum atomic E-state index is 11.3. The Morgan fingerprint density at radius 1 is 1.40 bits per heavy atom. The summed E-state index contributed by atoms with van der Waals surface area (Å²) in [5.41, 5.74) is 1.39. The van der Waals surface area contributed by atoms with E-state index >= 15 is 0 Å². The van der Waals surface area contributed by atoms with Crippen LogP contribution in [0.3, 0.4) is 0 Å². The summed E-state index contributed by atoms with van der Waals surface area (Å²) in [6.45, 7) is 1.71. The molecule has 1 saturated carbocycles. The third kappa shape index (κ3) is 1.40. The molecule has 0 radical (unpaired) electrons. The zero-order chi connectivity index (χ0) is 10.4. The monoisotopic (exact) mass is 216 g/mol. The summed E-state index contributed by atoms with van der Waals surface area (Å²) in [5.74, 6) is 1.14. The van der Waals surface area contributed by atoms with Gasteiger partial charge in [0.25, 0.3) is 0 Å². The molecule has 1 aliphatic rings. The number of benzene rings is 1. The topological polar surface area (TPSA) is 17.1 Å². The Kier molecular flexibility index (Phi) is 1.93. The molecule has 2 unspecified atom stereocenters. The SMILES string of the molecule is CC(=O)C1CC1c1csc2ccccc12. The molecule has 2 atom stereocenters. The summed E-state index contributed by atoms with van der Waals surface area (Å²) in [6, 6.07) is 8.45. The van der Waals surface area contributed by atoms with Crippen molar-refractivity contribution in [2.24, 2.45) is 5.92 Å². The Morgan fingerprint density at radius 3 is 2.93 bits per heavy atom. The molecule has 1 aromatic carbocycles. The Hall–Kier alpha value is -1.15. The van der Waals surface area contributed by atoms with Gasteiger partial charge in [0.2, 0.25) is 0 Å². The lowest BCUT2D eigenvalue weighted by Crippen LogP contribution is -1.93. The molecule has 2 aromatic rings. The molecule has 0 spiro atoms. The predicted octanol–water partition coefficient (Wildman–Crippen LogP) is 3.59. The van der Waals surface area contributed by atoms with Crippen LogP contribution in [0.5, 0.6) is 0 Å². The van der Waals surface area contributed by atoms with Crippen LogP contribution in [0.2, 0.25) is 0 Å². The van der Waals surface area contributed by atoms with Crippen LogP contribution in [0.1, 0.15) is 24.8 Å². The zero-order valence-electron chi connectivity index (χ0n) is 8.57. The van der Waals surface area contributed by atoms with Crippen molar-refractivity contribution in [1.82, 2.24) is 0 Å². The molecule has 76 valence electrons. The van der Waals surface area contributed by atoms with Gasteiger partial charge in [0.15, 0.2) is 0 Å². The van der Waals surface area contributed by atoms with Gasteiger partial charge >= 0.3 is 0 Å². The molecule has 15 heavy (non-hydrogen) atoms.